The first-order chi connectivity index (χ1) is 9.58. The van der Waals surface area contributed by atoms with E-state index < -0.39 is 5.82 Å². The van der Waals surface area contributed by atoms with Crippen molar-refractivity contribution in [3.8, 4) is 0 Å². The van der Waals surface area contributed by atoms with Crippen LogP contribution in [0.25, 0.3) is 0 Å². The Morgan fingerprint density at radius 1 is 1.50 bits per heavy atom. The van der Waals surface area contributed by atoms with Gasteiger partial charge in [-0.1, -0.05) is 17.7 Å². The maximum absolute atomic E-state index is 13.3. The summed E-state index contributed by atoms with van der Waals surface area (Å²) >= 11 is 5.62. The van der Waals surface area contributed by atoms with Crippen LogP contribution in [0.3, 0.4) is 0 Å². The number of hydrogen-bond acceptors (Lipinski definition) is 3. The number of anilines is 1. The lowest BCUT2D eigenvalue weighted by atomic mass is 10.2. The van der Waals surface area contributed by atoms with E-state index in [9.17, 15) is 9.18 Å². The summed E-state index contributed by atoms with van der Waals surface area (Å²) in [5, 5.41) is 9.76. The monoisotopic (exact) mass is 296 g/mol. The lowest BCUT2D eigenvalue weighted by Crippen LogP contribution is -2.23. The summed E-state index contributed by atoms with van der Waals surface area (Å²) < 4.78 is 14.8. The molecule has 0 unspecified atom stereocenters. The summed E-state index contributed by atoms with van der Waals surface area (Å²) in [5.74, 6) is -0.569. The fourth-order valence-electron chi connectivity index (χ4n) is 1.62. The molecule has 1 heterocycles. The van der Waals surface area contributed by atoms with Gasteiger partial charge in [-0.3, -0.25) is 9.48 Å². The third-order valence-electron chi connectivity index (χ3n) is 2.70. The Labute approximate surface area is 120 Å². The Kier molecular flexibility index (Phi) is 4.57. The largest absolute Gasteiger partial charge is 0.378 e. The summed E-state index contributed by atoms with van der Waals surface area (Å²) in [6, 6.07) is 4.64. The van der Waals surface area contributed by atoms with Gasteiger partial charge in [0.05, 0.1) is 16.9 Å². The van der Waals surface area contributed by atoms with Crippen LogP contribution in [-0.4, -0.2) is 22.7 Å². The smallest absolute Gasteiger partial charge is 0.241 e. The molecule has 0 saturated heterocycles. The Morgan fingerprint density at radius 2 is 2.30 bits per heavy atom. The van der Waals surface area contributed by atoms with Crippen LogP contribution in [0.4, 0.5) is 10.1 Å². The molecule has 106 valence electrons. The topological polar surface area (TPSA) is 59.0 Å². The van der Waals surface area contributed by atoms with Crippen molar-refractivity contribution in [3.05, 3.63) is 47.0 Å². The van der Waals surface area contributed by atoms with E-state index in [2.05, 4.69) is 15.7 Å². The zero-order valence-electron chi connectivity index (χ0n) is 10.9. The highest BCUT2D eigenvalue weighted by molar-refractivity contribution is 6.30. The van der Waals surface area contributed by atoms with E-state index in [-0.39, 0.29) is 17.5 Å². The molecule has 0 radical (unpaired) electrons. The summed E-state index contributed by atoms with van der Waals surface area (Å²) in [4.78, 5) is 11.2. The molecule has 0 aliphatic carbocycles. The number of nitrogens with zero attached hydrogens (tertiary/aromatic N) is 2. The van der Waals surface area contributed by atoms with Crippen LogP contribution in [-0.2, 0) is 17.9 Å². The first kappa shape index (κ1) is 14.3. The molecule has 0 spiro atoms. The van der Waals surface area contributed by atoms with Crippen molar-refractivity contribution < 1.29 is 9.18 Å². The molecule has 0 atom stereocenters. The molecule has 1 aromatic heterocycles. The second-order valence-corrected chi connectivity index (χ2v) is 4.61. The Balaban J connectivity index is 1.93. The van der Waals surface area contributed by atoms with E-state index in [4.69, 9.17) is 11.6 Å². The highest BCUT2D eigenvalue weighted by Crippen LogP contribution is 2.16. The lowest BCUT2D eigenvalue weighted by Gasteiger charge is -2.04. The predicted molar refractivity (Wildman–Crippen MR) is 75.0 cm³/mol. The SMILES string of the molecule is CNC(=O)Cn1cc(NCc2ccc(Cl)c(F)c2)cn1. The molecule has 0 aliphatic heterocycles. The fraction of sp³-hybridized carbons (Fsp3) is 0.231. The van der Waals surface area contributed by atoms with Crippen LogP contribution >= 0.6 is 11.6 Å². The van der Waals surface area contributed by atoms with Gasteiger partial charge in [0, 0.05) is 19.8 Å². The van der Waals surface area contributed by atoms with Crippen LogP contribution in [0.1, 0.15) is 5.56 Å². The number of aromatic nitrogens is 2. The molecule has 20 heavy (non-hydrogen) atoms. The van der Waals surface area contributed by atoms with Gasteiger partial charge >= 0.3 is 0 Å². The average molecular weight is 297 g/mol. The second-order valence-electron chi connectivity index (χ2n) is 4.20. The van der Waals surface area contributed by atoms with E-state index in [0.29, 0.717) is 6.54 Å². The van der Waals surface area contributed by atoms with Crippen LogP contribution < -0.4 is 10.6 Å². The van der Waals surface area contributed by atoms with Gasteiger partial charge in [0.2, 0.25) is 5.91 Å². The van der Waals surface area contributed by atoms with Crippen molar-refractivity contribution in [1.29, 1.82) is 0 Å². The minimum Gasteiger partial charge on any atom is -0.378 e. The maximum Gasteiger partial charge on any atom is 0.241 e. The van der Waals surface area contributed by atoms with Crippen molar-refractivity contribution in [3.63, 3.8) is 0 Å². The molecule has 1 amide bonds. The fourth-order valence-corrected chi connectivity index (χ4v) is 1.74. The van der Waals surface area contributed by atoms with E-state index in [1.165, 1.54) is 16.8 Å². The minimum atomic E-state index is -0.443. The number of hydrogen-bond donors (Lipinski definition) is 2. The number of amides is 1. The Hall–Kier alpha value is -2.08. The van der Waals surface area contributed by atoms with Gasteiger partial charge in [0.25, 0.3) is 0 Å². The number of benzene rings is 1. The first-order valence-corrected chi connectivity index (χ1v) is 6.37. The number of likely N-dealkylation sites (N-methyl/N-ethyl adjacent to an activating group) is 1. The zero-order valence-corrected chi connectivity index (χ0v) is 11.6. The molecule has 0 saturated carbocycles. The number of nitrogens with one attached hydrogen (secondary N) is 2. The molecule has 7 heteroatoms. The molecule has 1 aromatic carbocycles. The third-order valence-corrected chi connectivity index (χ3v) is 3.00. The van der Waals surface area contributed by atoms with E-state index in [0.717, 1.165) is 11.3 Å². The van der Waals surface area contributed by atoms with Crippen molar-refractivity contribution in [2.24, 2.45) is 0 Å². The van der Waals surface area contributed by atoms with Crippen LogP contribution in [0.15, 0.2) is 30.6 Å². The second kappa shape index (κ2) is 6.38. The van der Waals surface area contributed by atoms with Crippen molar-refractivity contribution in [1.82, 2.24) is 15.1 Å². The van der Waals surface area contributed by atoms with Gasteiger partial charge < -0.3 is 10.6 Å². The number of halogens is 2. The van der Waals surface area contributed by atoms with Gasteiger partial charge in [-0.15, -0.1) is 0 Å². The lowest BCUT2D eigenvalue weighted by molar-refractivity contribution is -0.121. The quantitative estimate of drug-likeness (QED) is 0.887. The van der Waals surface area contributed by atoms with Crippen LogP contribution in [0, 0.1) is 5.82 Å². The third kappa shape index (κ3) is 3.71. The molecular weight excluding hydrogens is 283 g/mol. The van der Waals surface area contributed by atoms with Gasteiger partial charge in [-0.25, -0.2) is 4.39 Å². The Morgan fingerprint density at radius 3 is 3.00 bits per heavy atom. The normalized spacial score (nSPS) is 10.3. The summed E-state index contributed by atoms with van der Waals surface area (Å²) in [6.45, 7) is 0.605. The van der Waals surface area contributed by atoms with Crippen molar-refractivity contribution in [2.75, 3.05) is 12.4 Å². The van der Waals surface area contributed by atoms with E-state index in [1.807, 2.05) is 0 Å². The standard InChI is InChI=1S/C13H14ClFN4O/c1-16-13(20)8-19-7-10(6-18-19)17-5-9-2-3-11(14)12(15)4-9/h2-4,6-7,17H,5,8H2,1H3,(H,16,20). The molecule has 0 aliphatic rings. The molecule has 2 aromatic rings. The summed E-state index contributed by atoms with van der Waals surface area (Å²) in [7, 11) is 1.57. The predicted octanol–water partition coefficient (Wildman–Crippen LogP) is 2.03. The molecular formula is C13H14ClFN4O. The van der Waals surface area contributed by atoms with Crippen molar-refractivity contribution >= 4 is 23.2 Å². The van der Waals surface area contributed by atoms with E-state index in [1.54, 1.807) is 25.5 Å². The number of carbonyl (C=O) groups excluding carboxylic acids is 1. The summed E-state index contributed by atoms with van der Waals surface area (Å²) in [6.07, 6.45) is 3.32. The molecule has 2 N–H and O–H groups in total. The van der Waals surface area contributed by atoms with Gasteiger partial charge in [0.15, 0.2) is 0 Å². The van der Waals surface area contributed by atoms with Gasteiger partial charge in [-0.2, -0.15) is 5.10 Å². The van der Waals surface area contributed by atoms with Gasteiger partial charge in [-0.05, 0) is 17.7 Å². The molecule has 2 rings (SSSR count). The number of carbonyl (C=O) groups is 1. The average Bonchev–Trinajstić information content (AvgIpc) is 2.87. The highest BCUT2D eigenvalue weighted by atomic mass is 35.5. The minimum absolute atomic E-state index is 0.104. The van der Waals surface area contributed by atoms with Crippen LogP contribution in [0.2, 0.25) is 5.02 Å². The first-order valence-electron chi connectivity index (χ1n) is 5.99. The Bertz CT molecular complexity index is 614. The number of rotatable bonds is 5. The van der Waals surface area contributed by atoms with Crippen LogP contribution in [0.5, 0.6) is 0 Å². The summed E-state index contributed by atoms with van der Waals surface area (Å²) in [5.41, 5.74) is 1.52. The zero-order chi connectivity index (χ0) is 14.5. The highest BCUT2D eigenvalue weighted by Gasteiger charge is 2.04. The molecule has 0 bridgehead atoms. The molecule has 5 nitrogen and oxygen atoms in total. The molecule has 0 fully saturated rings. The van der Waals surface area contributed by atoms with Gasteiger partial charge in [0.1, 0.15) is 12.4 Å². The van der Waals surface area contributed by atoms with Crippen molar-refractivity contribution in [2.45, 2.75) is 13.1 Å². The van der Waals surface area contributed by atoms with E-state index >= 15 is 0 Å². The maximum atomic E-state index is 13.3.